The zero-order valence-corrected chi connectivity index (χ0v) is 14.4. The normalized spacial score (nSPS) is 20.4. The summed E-state index contributed by atoms with van der Waals surface area (Å²) >= 11 is 0. The lowest BCUT2D eigenvalue weighted by Crippen LogP contribution is -2.32. The zero-order chi connectivity index (χ0) is 17.2. The summed E-state index contributed by atoms with van der Waals surface area (Å²) in [5, 5.41) is 4.05. The topological polar surface area (TPSA) is 88.3 Å². The van der Waals surface area contributed by atoms with Gasteiger partial charge in [0.25, 0.3) is 5.91 Å². The fourth-order valence-corrected chi connectivity index (χ4v) is 3.51. The van der Waals surface area contributed by atoms with Crippen LogP contribution in [0.3, 0.4) is 0 Å². The van der Waals surface area contributed by atoms with Gasteiger partial charge in [0.2, 0.25) is 11.8 Å². The molecule has 2 aliphatic heterocycles. The van der Waals surface area contributed by atoms with Crippen LogP contribution in [0, 0.1) is 0 Å². The Labute approximate surface area is 146 Å². The molecule has 2 saturated heterocycles. The first-order valence-corrected chi connectivity index (χ1v) is 8.97. The number of carbonyl (C=O) groups is 1. The summed E-state index contributed by atoms with van der Waals surface area (Å²) in [5.74, 6) is 1.75. The van der Waals surface area contributed by atoms with Gasteiger partial charge in [0.15, 0.2) is 5.82 Å². The Kier molecular flexibility index (Phi) is 4.33. The monoisotopic (exact) mass is 342 g/mol. The van der Waals surface area contributed by atoms with Gasteiger partial charge in [-0.05, 0) is 31.7 Å². The van der Waals surface area contributed by atoms with Gasteiger partial charge in [0.1, 0.15) is 5.69 Å². The quantitative estimate of drug-likeness (QED) is 0.839. The molecule has 2 aromatic rings. The number of hydrogen-bond donors (Lipinski definition) is 0. The van der Waals surface area contributed by atoms with E-state index in [0.717, 1.165) is 38.8 Å². The minimum atomic E-state index is -0.137. The van der Waals surface area contributed by atoms with E-state index in [-0.39, 0.29) is 11.9 Å². The largest absolute Gasteiger partial charge is 0.341 e. The Hall–Kier alpha value is -2.51. The molecule has 0 aliphatic carbocycles. The lowest BCUT2D eigenvalue weighted by molar-refractivity contribution is 0.0722. The lowest BCUT2D eigenvalue weighted by atomic mass is 10.2. The molecule has 2 aromatic heterocycles. The Morgan fingerprint density at radius 3 is 2.84 bits per heavy atom. The van der Waals surface area contributed by atoms with Gasteiger partial charge in [0.05, 0.1) is 6.04 Å². The van der Waals surface area contributed by atoms with Crippen LogP contribution in [0.25, 0.3) is 0 Å². The molecule has 132 valence electrons. The van der Waals surface area contributed by atoms with E-state index in [1.165, 1.54) is 0 Å². The lowest BCUT2D eigenvalue weighted by Gasteiger charge is -2.22. The van der Waals surface area contributed by atoms with Crippen molar-refractivity contribution in [3.63, 3.8) is 0 Å². The maximum Gasteiger partial charge on any atom is 0.273 e. The number of amides is 1. The summed E-state index contributed by atoms with van der Waals surface area (Å²) in [4.78, 5) is 30.2. The number of aromatic nitrogens is 4. The Balaban J connectivity index is 1.56. The van der Waals surface area contributed by atoms with E-state index in [9.17, 15) is 4.79 Å². The van der Waals surface area contributed by atoms with Crippen LogP contribution in [0.4, 0.5) is 5.95 Å². The van der Waals surface area contributed by atoms with Crippen molar-refractivity contribution < 1.29 is 9.32 Å². The maximum atomic E-state index is 13.0. The van der Waals surface area contributed by atoms with Gasteiger partial charge in [-0.3, -0.25) is 4.79 Å². The summed E-state index contributed by atoms with van der Waals surface area (Å²) in [6.45, 7) is 4.55. The fourth-order valence-electron chi connectivity index (χ4n) is 3.51. The molecule has 8 nitrogen and oxygen atoms in total. The third-order valence-electron chi connectivity index (χ3n) is 4.85. The minimum Gasteiger partial charge on any atom is -0.341 e. The van der Waals surface area contributed by atoms with E-state index in [4.69, 9.17) is 4.52 Å². The predicted molar refractivity (Wildman–Crippen MR) is 90.2 cm³/mol. The predicted octanol–water partition coefficient (Wildman–Crippen LogP) is 2.00. The zero-order valence-electron chi connectivity index (χ0n) is 14.4. The number of hydrogen-bond acceptors (Lipinski definition) is 7. The maximum absolute atomic E-state index is 13.0. The van der Waals surface area contributed by atoms with Crippen LogP contribution >= 0.6 is 0 Å². The van der Waals surface area contributed by atoms with Crippen molar-refractivity contribution in [2.75, 3.05) is 24.5 Å². The first-order valence-electron chi connectivity index (χ1n) is 8.97. The molecule has 2 aliphatic rings. The molecule has 0 saturated carbocycles. The number of rotatable bonds is 4. The molecular formula is C17H22N6O2. The average molecular weight is 342 g/mol. The second-order valence-corrected chi connectivity index (χ2v) is 6.49. The second-order valence-electron chi connectivity index (χ2n) is 6.49. The Morgan fingerprint density at radius 2 is 2.08 bits per heavy atom. The van der Waals surface area contributed by atoms with E-state index in [2.05, 4.69) is 25.0 Å². The van der Waals surface area contributed by atoms with E-state index in [1.807, 2.05) is 6.92 Å². The highest BCUT2D eigenvalue weighted by Crippen LogP contribution is 2.31. The van der Waals surface area contributed by atoms with E-state index in [0.29, 0.717) is 36.3 Å². The first kappa shape index (κ1) is 16.0. The van der Waals surface area contributed by atoms with Crippen molar-refractivity contribution in [3.05, 3.63) is 29.7 Å². The molecule has 1 amide bonds. The van der Waals surface area contributed by atoms with Gasteiger partial charge >= 0.3 is 0 Å². The van der Waals surface area contributed by atoms with Crippen LogP contribution in [0.5, 0.6) is 0 Å². The molecule has 0 unspecified atom stereocenters. The highest BCUT2D eigenvalue weighted by Gasteiger charge is 2.34. The highest BCUT2D eigenvalue weighted by molar-refractivity contribution is 5.93. The van der Waals surface area contributed by atoms with Crippen LogP contribution in [0.15, 0.2) is 16.8 Å². The second kappa shape index (κ2) is 6.78. The van der Waals surface area contributed by atoms with Crippen molar-refractivity contribution >= 4 is 11.9 Å². The van der Waals surface area contributed by atoms with Crippen LogP contribution in [0.1, 0.15) is 60.9 Å². The average Bonchev–Trinajstić information content (AvgIpc) is 3.41. The molecule has 4 rings (SSSR count). The molecule has 0 bridgehead atoms. The fraction of sp³-hybridized carbons (Fsp3) is 0.588. The standard InChI is InChI=1S/C17H22N6O2/c1-2-14-20-15(21-25-14)13-6-5-11-23(13)16(24)12-7-8-18-17(19-12)22-9-3-4-10-22/h7-8,13H,2-6,9-11H2,1H3/t13-/m1/s1. The SMILES string of the molecule is CCc1nc([C@H]2CCCN2C(=O)c2ccnc(N3CCCC3)n2)no1. The molecule has 4 heterocycles. The molecule has 1 atom stereocenters. The van der Waals surface area contributed by atoms with E-state index in [1.54, 1.807) is 17.2 Å². The van der Waals surface area contributed by atoms with Gasteiger partial charge < -0.3 is 14.3 Å². The molecule has 0 N–H and O–H groups in total. The Morgan fingerprint density at radius 1 is 1.24 bits per heavy atom. The molecule has 0 spiro atoms. The first-order chi connectivity index (χ1) is 12.3. The highest BCUT2D eigenvalue weighted by atomic mass is 16.5. The summed E-state index contributed by atoms with van der Waals surface area (Å²) in [7, 11) is 0. The van der Waals surface area contributed by atoms with Crippen LogP contribution in [0.2, 0.25) is 0 Å². The number of aryl methyl sites for hydroxylation is 1. The molecule has 25 heavy (non-hydrogen) atoms. The molecule has 2 fully saturated rings. The summed E-state index contributed by atoms with van der Waals surface area (Å²) in [6.07, 6.45) is 6.43. The van der Waals surface area contributed by atoms with Crippen LogP contribution in [-0.4, -0.2) is 50.5 Å². The van der Waals surface area contributed by atoms with Crippen molar-refractivity contribution in [3.8, 4) is 0 Å². The number of carbonyl (C=O) groups excluding carboxylic acids is 1. The summed E-state index contributed by atoms with van der Waals surface area (Å²) in [6, 6.07) is 1.55. The molecule has 8 heteroatoms. The third-order valence-corrected chi connectivity index (χ3v) is 4.85. The van der Waals surface area contributed by atoms with Gasteiger partial charge in [-0.1, -0.05) is 12.1 Å². The molecular weight excluding hydrogens is 320 g/mol. The Bertz CT molecular complexity index is 755. The summed E-state index contributed by atoms with van der Waals surface area (Å²) in [5.41, 5.74) is 0.433. The van der Waals surface area contributed by atoms with Crippen LogP contribution in [-0.2, 0) is 6.42 Å². The van der Waals surface area contributed by atoms with Gasteiger partial charge in [-0.15, -0.1) is 0 Å². The van der Waals surface area contributed by atoms with Crippen molar-refractivity contribution in [1.82, 2.24) is 25.0 Å². The van der Waals surface area contributed by atoms with E-state index >= 15 is 0 Å². The smallest absolute Gasteiger partial charge is 0.273 e. The summed E-state index contributed by atoms with van der Waals surface area (Å²) < 4.78 is 5.22. The number of likely N-dealkylation sites (tertiary alicyclic amines) is 1. The van der Waals surface area contributed by atoms with E-state index < -0.39 is 0 Å². The minimum absolute atomic E-state index is 0.0896. The van der Waals surface area contributed by atoms with Gasteiger partial charge in [0, 0.05) is 32.3 Å². The number of nitrogens with zero attached hydrogens (tertiary/aromatic N) is 6. The van der Waals surface area contributed by atoms with Crippen LogP contribution < -0.4 is 4.90 Å². The van der Waals surface area contributed by atoms with Crippen molar-refractivity contribution in [1.29, 1.82) is 0 Å². The van der Waals surface area contributed by atoms with Gasteiger partial charge in [-0.2, -0.15) is 4.98 Å². The van der Waals surface area contributed by atoms with Crippen molar-refractivity contribution in [2.24, 2.45) is 0 Å². The molecule has 0 radical (unpaired) electrons. The molecule has 0 aromatic carbocycles. The van der Waals surface area contributed by atoms with Crippen molar-refractivity contribution in [2.45, 2.75) is 45.1 Å². The number of anilines is 1. The van der Waals surface area contributed by atoms with Gasteiger partial charge in [-0.25, -0.2) is 9.97 Å². The third kappa shape index (κ3) is 3.08.